The zero-order valence-electron chi connectivity index (χ0n) is 10.1. The predicted octanol–water partition coefficient (Wildman–Crippen LogP) is -0.274. The molecular weight excluding hydrogens is 240 g/mol. The van der Waals surface area contributed by atoms with Crippen LogP contribution in [-0.2, 0) is 9.53 Å². The average molecular weight is 262 g/mol. The molecule has 1 heterocycles. The van der Waals surface area contributed by atoms with Gasteiger partial charge in [0.05, 0.1) is 5.54 Å². The lowest BCUT2D eigenvalue weighted by Crippen LogP contribution is -2.57. The number of hydrogen-bond donors (Lipinski definition) is 3. The maximum Gasteiger partial charge on any atom is 0.240 e. The van der Waals surface area contributed by atoms with Crippen molar-refractivity contribution in [1.29, 1.82) is 0 Å². The van der Waals surface area contributed by atoms with Gasteiger partial charge < -0.3 is 20.9 Å². The first-order chi connectivity index (χ1) is 8.19. The zero-order chi connectivity index (χ0) is 12.6. The van der Waals surface area contributed by atoms with Gasteiger partial charge in [-0.3, -0.25) is 4.79 Å². The van der Waals surface area contributed by atoms with Gasteiger partial charge in [-0.1, -0.05) is 0 Å². The van der Waals surface area contributed by atoms with Gasteiger partial charge in [-0.15, -0.1) is 0 Å². The van der Waals surface area contributed by atoms with Crippen LogP contribution in [0.5, 0.6) is 0 Å². The number of rotatable bonds is 7. The van der Waals surface area contributed by atoms with Crippen LogP contribution in [0.15, 0.2) is 0 Å². The van der Waals surface area contributed by atoms with Gasteiger partial charge in [-0.2, -0.15) is 11.8 Å². The van der Waals surface area contributed by atoms with Gasteiger partial charge in [-0.05, 0) is 25.0 Å². The zero-order valence-corrected chi connectivity index (χ0v) is 10.9. The Morgan fingerprint density at radius 3 is 2.76 bits per heavy atom. The SMILES string of the molecule is NC1(C(=O)NCCSCCCO)CCOCC1. The van der Waals surface area contributed by atoms with Crippen LogP contribution in [-0.4, -0.2) is 54.4 Å². The van der Waals surface area contributed by atoms with E-state index in [1.807, 2.05) is 0 Å². The lowest BCUT2D eigenvalue weighted by atomic mass is 9.90. The Morgan fingerprint density at radius 2 is 2.12 bits per heavy atom. The number of ether oxygens (including phenoxy) is 1. The van der Waals surface area contributed by atoms with Crippen molar-refractivity contribution >= 4 is 17.7 Å². The van der Waals surface area contributed by atoms with Gasteiger partial charge in [0, 0.05) is 32.1 Å². The van der Waals surface area contributed by atoms with Crippen LogP contribution in [0.1, 0.15) is 19.3 Å². The number of aliphatic hydroxyl groups excluding tert-OH is 1. The Hall–Kier alpha value is -0.300. The summed E-state index contributed by atoms with van der Waals surface area (Å²) in [5.74, 6) is 1.72. The Bertz CT molecular complexity index is 233. The molecule has 0 aliphatic carbocycles. The lowest BCUT2D eigenvalue weighted by Gasteiger charge is -2.31. The van der Waals surface area contributed by atoms with Gasteiger partial charge in [0.15, 0.2) is 0 Å². The Kier molecular flexibility index (Phi) is 6.87. The smallest absolute Gasteiger partial charge is 0.240 e. The third kappa shape index (κ3) is 5.25. The summed E-state index contributed by atoms with van der Waals surface area (Å²) >= 11 is 1.73. The number of amides is 1. The van der Waals surface area contributed by atoms with Crippen LogP contribution in [0.3, 0.4) is 0 Å². The van der Waals surface area contributed by atoms with E-state index in [0.717, 1.165) is 17.9 Å². The molecule has 1 saturated heterocycles. The highest BCUT2D eigenvalue weighted by Crippen LogP contribution is 2.17. The Morgan fingerprint density at radius 1 is 1.41 bits per heavy atom. The summed E-state index contributed by atoms with van der Waals surface area (Å²) in [5.41, 5.74) is 5.29. The highest BCUT2D eigenvalue weighted by atomic mass is 32.2. The van der Waals surface area contributed by atoms with Crippen LogP contribution in [0, 0.1) is 0 Å². The molecule has 1 amide bonds. The van der Waals surface area contributed by atoms with E-state index in [4.69, 9.17) is 15.6 Å². The first-order valence-corrected chi connectivity index (χ1v) is 7.18. The molecule has 17 heavy (non-hydrogen) atoms. The number of nitrogens with two attached hydrogens (primary N) is 1. The van der Waals surface area contributed by atoms with Crippen LogP contribution >= 0.6 is 11.8 Å². The van der Waals surface area contributed by atoms with Crippen molar-refractivity contribution in [2.24, 2.45) is 5.73 Å². The number of thioether (sulfide) groups is 1. The van der Waals surface area contributed by atoms with E-state index in [1.54, 1.807) is 11.8 Å². The summed E-state index contributed by atoms with van der Waals surface area (Å²) in [6, 6.07) is 0. The summed E-state index contributed by atoms with van der Waals surface area (Å²) in [7, 11) is 0. The largest absolute Gasteiger partial charge is 0.396 e. The topological polar surface area (TPSA) is 84.6 Å². The molecule has 100 valence electrons. The Labute approximate surface area is 106 Å². The molecule has 0 saturated carbocycles. The number of aliphatic hydroxyl groups is 1. The molecule has 0 spiro atoms. The Balaban J connectivity index is 2.11. The molecule has 0 aromatic rings. The number of nitrogens with one attached hydrogen (secondary N) is 1. The van der Waals surface area contributed by atoms with Gasteiger partial charge in [-0.25, -0.2) is 0 Å². The first-order valence-electron chi connectivity index (χ1n) is 6.02. The summed E-state index contributed by atoms with van der Waals surface area (Å²) in [4.78, 5) is 11.9. The number of carbonyl (C=O) groups is 1. The van der Waals surface area contributed by atoms with E-state index < -0.39 is 5.54 Å². The second-order valence-corrected chi connectivity index (χ2v) is 5.44. The molecule has 1 rings (SSSR count). The lowest BCUT2D eigenvalue weighted by molar-refractivity contribution is -0.129. The standard InChI is InChI=1S/C11H22N2O3S/c12-11(2-6-16-7-3-11)10(15)13-4-9-17-8-1-5-14/h14H,1-9,12H2,(H,13,15). The van der Waals surface area contributed by atoms with Crippen molar-refractivity contribution < 1.29 is 14.6 Å². The molecule has 1 aliphatic heterocycles. The van der Waals surface area contributed by atoms with Crippen molar-refractivity contribution in [3.63, 3.8) is 0 Å². The van der Waals surface area contributed by atoms with Gasteiger partial charge >= 0.3 is 0 Å². The summed E-state index contributed by atoms with van der Waals surface area (Å²) in [6.07, 6.45) is 1.99. The number of carbonyl (C=O) groups excluding carboxylic acids is 1. The third-order valence-electron chi connectivity index (χ3n) is 2.82. The van der Waals surface area contributed by atoms with E-state index in [1.165, 1.54) is 0 Å². The van der Waals surface area contributed by atoms with E-state index >= 15 is 0 Å². The molecule has 6 heteroatoms. The van der Waals surface area contributed by atoms with Crippen molar-refractivity contribution in [2.45, 2.75) is 24.8 Å². The van der Waals surface area contributed by atoms with Gasteiger partial charge in [0.25, 0.3) is 0 Å². The molecule has 1 aliphatic rings. The van der Waals surface area contributed by atoms with Crippen LogP contribution in [0.25, 0.3) is 0 Å². The predicted molar refractivity (Wildman–Crippen MR) is 69.0 cm³/mol. The third-order valence-corrected chi connectivity index (χ3v) is 3.89. The van der Waals surface area contributed by atoms with Crippen molar-refractivity contribution in [2.75, 3.05) is 37.9 Å². The fourth-order valence-corrected chi connectivity index (χ4v) is 2.43. The summed E-state index contributed by atoms with van der Waals surface area (Å²) in [5, 5.41) is 11.5. The maximum atomic E-state index is 11.9. The molecule has 4 N–H and O–H groups in total. The molecule has 0 bridgehead atoms. The van der Waals surface area contributed by atoms with Crippen molar-refractivity contribution in [3.05, 3.63) is 0 Å². The second kappa shape index (κ2) is 7.92. The second-order valence-electron chi connectivity index (χ2n) is 4.21. The minimum atomic E-state index is -0.742. The molecule has 5 nitrogen and oxygen atoms in total. The molecule has 0 atom stereocenters. The minimum Gasteiger partial charge on any atom is -0.396 e. The quantitative estimate of drug-likeness (QED) is 0.550. The van der Waals surface area contributed by atoms with Gasteiger partial charge in [0.2, 0.25) is 5.91 Å². The van der Waals surface area contributed by atoms with Crippen LogP contribution in [0.4, 0.5) is 0 Å². The molecule has 0 radical (unpaired) electrons. The molecule has 0 aromatic heterocycles. The van der Waals surface area contributed by atoms with E-state index in [-0.39, 0.29) is 12.5 Å². The highest BCUT2D eigenvalue weighted by molar-refractivity contribution is 7.99. The average Bonchev–Trinajstić information content (AvgIpc) is 2.34. The van der Waals surface area contributed by atoms with Crippen molar-refractivity contribution in [1.82, 2.24) is 5.32 Å². The van der Waals surface area contributed by atoms with E-state index in [0.29, 0.717) is 32.6 Å². The molecule has 0 aromatic carbocycles. The van der Waals surface area contributed by atoms with Gasteiger partial charge in [0.1, 0.15) is 0 Å². The fraction of sp³-hybridized carbons (Fsp3) is 0.909. The molecule has 0 unspecified atom stereocenters. The summed E-state index contributed by atoms with van der Waals surface area (Å²) in [6.45, 7) is 1.99. The number of hydrogen-bond acceptors (Lipinski definition) is 5. The molecular formula is C11H22N2O3S. The molecule has 1 fully saturated rings. The monoisotopic (exact) mass is 262 g/mol. The normalized spacial score (nSPS) is 18.9. The minimum absolute atomic E-state index is 0.0661. The fourth-order valence-electron chi connectivity index (χ4n) is 1.64. The highest BCUT2D eigenvalue weighted by Gasteiger charge is 2.35. The van der Waals surface area contributed by atoms with Crippen LogP contribution < -0.4 is 11.1 Å². The summed E-state index contributed by atoms with van der Waals surface area (Å²) < 4.78 is 5.20. The maximum absolute atomic E-state index is 11.9. The van der Waals surface area contributed by atoms with E-state index in [2.05, 4.69) is 5.32 Å². The van der Waals surface area contributed by atoms with Crippen LogP contribution in [0.2, 0.25) is 0 Å². The van der Waals surface area contributed by atoms with Crippen molar-refractivity contribution in [3.8, 4) is 0 Å². The van der Waals surface area contributed by atoms with E-state index in [9.17, 15) is 4.79 Å². The first kappa shape index (κ1) is 14.8.